The molecule has 0 aliphatic carbocycles. The van der Waals surface area contributed by atoms with E-state index in [-0.39, 0.29) is 18.3 Å². The van der Waals surface area contributed by atoms with Crippen molar-refractivity contribution in [1.29, 1.82) is 0 Å². The number of hydrogen-bond acceptors (Lipinski definition) is 6. The Labute approximate surface area is 223 Å². The van der Waals surface area contributed by atoms with E-state index in [9.17, 15) is 4.79 Å². The van der Waals surface area contributed by atoms with E-state index in [1.54, 1.807) is 11.3 Å². The van der Waals surface area contributed by atoms with Gasteiger partial charge < -0.3 is 4.74 Å². The van der Waals surface area contributed by atoms with Crippen LogP contribution in [0.3, 0.4) is 0 Å². The second kappa shape index (κ2) is 13.1. The number of fused-ring (bicyclic) bond motifs is 1. The molecule has 35 heavy (non-hydrogen) atoms. The average molecular weight is 534 g/mol. The number of hydrogen-bond donors (Lipinski definition) is 0. The number of thiazole rings is 1. The van der Waals surface area contributed by atoms with Crippen molar-refractivity contribution in [2.75, 3.05) is 44.3 Å². The molecule has 0 N–H and O–H groups in total. The van der Waals surface area contributed by atoms with E-state index in [1.807, 2.05) is 16.7 Å². The van der Waals surface area contributed by atoms with Gasteiger partial charge in [-0.25, -0.2) is 4.98 Å². The number of halogens is 1. The molecule has 2 aromatic carbocycles. The van der Waals surface area contributed by atoms with Crippen molar-refractivity contribution in [3.05, 3.63) is 53.1 Å². The van der Waals surface area contributed by atoms with Crippen molar-refractivity contribution in [3.63, 3.8) is 0 Å². The van der Waals surface area contributed by atoms with Crippen molar-refractivity contribution in [1.82, 2.24) is 9.88 Å². The van der Waals surface area contributed by atoms with E-state index < -0.39 is 0 Å². The first-order chi connectivity index (χ1) is 16.4. The van der Waals surface area contributed by atoms with Crippen LogP contribution in [0.4, 0.5) is 5.13 Å². The van der Waals surface area contributed by atoms with Gasteiger partial charge in [-0.15, -0.1) is 24.2 Å². The smallest absolute Gasteiger partial charge is 0.233 e. The molecule has 2 heterocycles. The summed E-state index contributed by atoms with van der Waals surface area (Å²) in [5.41, 5.74) is 4.48. The highest BCUT2D eigenvalue weighted by molar-refractivity contribution is 7.99. The molecular formula is C27H36ClN3O2S2. The Morgan fingerprint density at radius 1 is 1.14 bits per heavy atom. The van der Waals surface area contributed by atoms with Crippen LogP contribution in [0, 0.1) is 13.8 Å². The minimum absolute atomic E-state index is 0. The SMILES string of the molecule is Cc1ccc2sc(N(CCCN3CCOCC3)C(=O)Cc3ccc(SC(C)C)cc3)nc2c1C.Cl. The van der Waals surface area contributed by atoms with Gasteiger partial charge in [0.2, 0.25) is 5.91 Å². The summed E-state index contributed by atoms with van der Waals surface area (Å²) in [6.45, 7) is 13.8. The van der Waals surface area contributed by atoms with Gasteiger partial charge in [-0.2, -0.15) is 0 Å². The van der Waals surface area contributed by atoms with Crippen LogP contribution in [0.1, 0.15) is 37.0 Å². The molecule has 1 aromatic heterocycles. The molecule has 1 aliphatic rings. The predicted octanol–water partition coefficient (Wildman–Crippen LogP) is 6.13. The van der Waals surface area contributed by atoms with Gasteiger partial charge in [0.15, 0.2) is 5.13 Å². The Morgan fingerprint density at radius 3 is 2.54 bits per heavy atom. The molecule has 1 fully saturated rings. The lowest BCUT2D eigenvalue weighted by atomic mass is 10.1. The monoisotopic (exact) mass is 533 g/mol. The maximum Gasteiger partial charge on any atom is 0.233 e. The standard InChI is InChI=1S/C27H35N3O2S2.ClH/c1-19(2)33-23-9-7-22(8-10-23)18-25(31)30(13-5-12-29-14-16-32-17-15-29)27-28-26-21(4)20(3)6-11-24(26)34-27;/h6-11,19H,5,12-18H2,1-4H3;1H. The summed E-state index contributed by atoms with van der Waals surface area (Å²) in [4.78, 5) is 24.0. The molecular weight excluding hydrogens is 498 g/mol. The number of aryl methyl sites for hydroxylation is 2. The van der Waals surface area contributed by atoms with E-state index in [0.717, 1.165) is 60.2 Å². The van der Waals surface area contributed by atoms with Crippen LogP contribution in [0.2, 0.25) is 0 Å². The summed E-state index contributed by atoms with van der Waals surface area (Å²) in [5.74, 6) is 0.111. The van der Waals surface area contributed by atoms with Gasteiger partial charge in [0.05, 0.1) is 29.9 Å². The summed E-state index contributed by atoms with van der Waals surface area (Å²) in [5, 5.41) is 1.35. The van der Waals surface area contributed by atoms with Crippen molar-refractivity contribution < 1.29 is 9.53 Å². The number of carbonyl (C=O) groups excluding carboxylic acids is 1. The summed E-state index contributed by atoms with van der Waals surface area (Å²) in [7, 11) is 0. The first-order valence-corrected chi connectivity index (χ1v) is 13.8. The fourth-order valence-electron chi connectivity index (χ4n) is 4.16. The lowest BCUT2D eigenvalue weighted by Gasteiger charge is -2.27. The number of carbonyl (C=O) groups is 1. The van der Waals surface area contributed by atoms with Crippen LogP contribution in [0.5, 0.6) is 0 Å². The van der Waals surface area contributed by atoms with Crippen LogP contribution < -0.4 is 4.90 Å². The molecule has 0 spiro atoms. The normalized spacial score (nSPS) is 14.3. The number of amides is 1. The molecule has 3 aromatic rings. The summed E-state index contributed by atoms with van der Waals surface area (Å²) >= 11 is 3.46. The molecule has 1 aliphatic heterocycles. The van der Waals surface area contributed by atoms with Gasteiger partial charge in [0.1, 0.15) is 0 Å². The van der Waals surface area contributed by atoms with Crippen molar-refractivity contribution >= 4 is 56.8 Å². The first kappa shape index (κ1) is 27.9. The Morgan fingerprint density at radius 2 is 1.86 bits per heavy atom. The highest BCUT2D eigenvalue weighted by atomic mass is 35.5. The van der Waals surface area contributed by atoms with Gasteiger partial charge in [0, 0.05) is 36.3 Å². The molecule has 0 radical (unpaired) electrons. The number of thioether (sulfide) groups is 1. The molecule has 5 nitrogen and oxygen atoms in total. The molecule has 1 amide bonds. The second-order valence-corrected chi connectivity index (χ2v) is 11.8. The number of rotatable bonds is 9. The number of benzene rings is 2. The zero-order valence-electron chi connectivity index (χ0n) is 21.1. The molecule has 8 heteroatoms. The van der Waals surface area contributed by atoms with Gasteiger partial charge in [0.25, 0.3) is 0 Å². The largest absolute Gasteiger partial charge is 0.379 e. The third-order valence-electron chi connectivity index (χ3n) is 6.22. The van der Waals surface area contributed by atoms with Gasteiger partial charge in [-0.05, 0) is 55.2 Å². The lowest BCUT2D eigenvalue weighted by Crippen LogP contribution is -2.39. The first-order valence-electron chi connectivity index (χ1n) is 12.1. The van der Waals surface area contributed by atoms with Crippen LogP contribution in [-0.4, -0.2) is 60.4 Å². The fourth-order valence-corrected chi connectivity index (χ4v) is 6.07. The minimum atomic E-state index is 0. The van der Waals surface area contributed by atoms with Gasteiger partial charge in [-0.1, -0.05) is 43.4 Å². The fraction of sp³-hybridized carbons (Fsp3) is 0.481. The number of ether oxygens (including phenoxy) is 1. The number of nitrogens with zero attached hydrogens (tertiary/aromatic N) is 3. The Kier molecular flexibility index (Phi) is 10.4. The molecule has 0 unspecified atom stereocenters. The molecule has 1 saturated heterocycles. The Bertz CT molecular complexity index is 1110. The number of morpholine rings is 1. The van der Waals surface area contributed by atoms with Gasteiger partial charge in [-0.3, -0.25) is 14.6 Å². The quantitative estimate of drug-likeness (QED) is 0.309. The zero-order valence-corrected chi connectivity index (χ0v) is 23.5. The van der Waals surface area contributed by atoms with Gasteiger partial charge >= 0.3 is 0 Å². The third-order valence-corrected chi connectivity index (χ3v) is 8.28. The topological polar surface area (TPSA) is 45.7 Å². The molecule has 0 atom stereocenters. The Balaban J connectivity index is 0.00000342. The summed E-state index contributed by atoms with van der Waals surface area (Å²) in [6, 6.07) is 12.7. The number of aromatic nitrogens is 1. The highest BCUT2D eigenvalue weighted by Crippen LogP contribution is 2.32. The van der Waals surface area contributed by atoms with Crippen LogP contribution >= 0.6 is 35.5 Å². The minimum Gasteiger partial charge on any atom is -0.379 e. The van der Waals surface area contributed by atoms with Crippen LogP contribution in [0.15, 0.2) is 41.3 Å². The molecule has 4 rings (SSSR count). The van der Waals surface area contributed by atoms with E-state index in [0.29, 0.717) is 18.2 Å². The third kappa shape index (κ3) is 7.43. The lowest BCUT2D eigenvalue weighted by molar-refractivity contribution is -0.118. The van der Waals surface area contributed by atoms with E-state index in [2.05, 4.69) is 69.0 Å². The van der Waals surface area contributed by atoms with E-state index >= 15 is 0 Å². The van der Waals surface area contributed by atoms with E-state index in [1.165, 1.54) is 16.0 Å². The molecule has 190 valence electrons. The Hall–Kier alpha value is -1.64. The second-order valence-electron chi connectivity index (χ2n) is 9.19. The molecule has 0 saturated carbocycles. The van der Waals surface area contributed by atoms with Crippen LogP contribution in [0.25, 0.3) is 10.2 Å². The maximum atomic E-state index is 13.5. The number of anilines is 1. The van der Waals surface area contributed by atoms with Crippen molar-refractivity contribution in [2.24, 2.45) is 0 Å². The summed E-state index contributed by atoms with van der Waals surface area (Å²) in [6.07, 6.45) is 1.31. The van der Waals surface area contributed by atoms with Crippen molar-refractivity contribution in [2.45, 2.75) is 50.7 Å². The zero-order chi connectivity index (χ0) is 24.1. The van der Waals surface area contributed by atoms with E-state index in [4.69, 9.17) is 9.72 Å². The van der Waals surface area contributed by atoms with Crippen molar-refractivity contribution in [3.8, 4) is 0 Å². The maximum absolute atomic E-state index is 13.5. The molecule has 0 bridgehead atoms. The van der Waals surface area contributed by atoms with Crippen LogP contribution in [-0.2, 0) is 16.0 Å². The predicted molar refractivity (Wildman–Crippen MR) is 152 cm³/mol. The highest BCUT2D eigenvalue weighted by Gasteiger charge is 2.21. The average Bonchev–Trinajstić information content (AvgIpc) is 3.25. The summed E-state index contributed by atoms with van der Waals surface area (Å²) < 4.78 is 6.61.